The highest BCUT2D eigenvalue weighted by molar-refractivity contribution is 5.79. The summed E-state index contributed by atoms with van der Waals surface area (Å²) < 4.78 is 8.44. The maximum absolute atomic E-state index is 6.24. The van der Waals surface area contributed by atoms with Crippen molar-refractivity contribution >= 4 is 10.9 Å². The average Bonchev–Trinajstić information content (AvgIpc) is 3.36. The van der Waals surface area contributed by atoms with E-state index in [9.17, 15) is 0 Å². The fourth-order valence-corrected chi connectivity index (χ4v) is 5.28. The van der Waals surface area contributed by atoms with Crippen molar-refractivity contribution in [3.8, 4) is 0 Å². The molecule has 1 aromatic heterocycles. The van der Waals surface area contributed by atoms with Crippen molar-refractivity contribution in [1.29, 1.82) is 0 Å². The molecule has 3 unspecified atom stereocenters. The SMILES string of the molecule is Cc1ccc2c(cnn2CC(C)CN2C3CC[C@@H]2CC(OCC2CC2)C3)c1. The van der Waals surface area contributed by atoms with Crippen molar-refractivity contribution in [3.63, 3.8) is 0 Å². The molecule has 4 atom stereocenters. The van der Waals surface area contributed by atoms with Crippen LogP contribution in [0.3, 0.4) is 0 Å². The molecule has 0 amide bonds. The number of aromatic nitrogens is 2. The van der Waals surface area contributed by atoms with Crippen LogP contribution in [0.1, 0.15) is 51.0 Å². The fourth-order valence-electron chi connectivity index (χ4n) is 5.28. The zero-order chi connectivity index (χ0) is 18.4. The average molecular weight is 368 g/mol. The molecule has 3 aliphatic rings. The first-order valence-electron chi connectivity index (χ1n) is 10.9. The first kappa shape index (κ1) is 17.7. The number of rotatable bonds is 7. The molecule has 5 rings (SSSR count). The Labute approximate surface area is 162 Å². The lowest BCUT2D eigenvalue weighted by Crippen LogP contribution is -2.47. The molecule has 1 saturated carbocycles. The summed E-state index contributed by atoms with van der Waals surface area (Å²) in [7, 11) is 0. The minimum atomic E-state index is 0.521. The zero-order valence-corrected chi connectivity index (χ0v) is 16.8. The summed E-state index contributed by atoms with van der Waals surface area (Å²) in [5.41, 5.74) is 2.57. The highest BCUT2D eigenvalue weighted by atomic mass is 16.5. The molecule has 4 nitrogen and oxygen atoms in total. The van der Waals surface area contributed by atoms with E-state index in [0.29, 0.717) is 12.0 Å². The molecule has 2 aliphatic heterocycles. The van der Waals surface area contributed by atoms with E-state index in [1.807, 2.05) is 6.20 Å². The summed E-state index contributed by atoms with van der Waals surface area (Å²) in [6.45, 7) is 7.75. The van der Waals surface area contributed by atoms with E-state index in [4.69, 9.17) is 4.74 Å². The molecular formula is C23H33N3O. The van der Waals surface area contributed by atoms with Crippen molar-refractivity contribution < 1.29 is 4.74 Å². The van der Waals surface area contributed by atoms with Gasteiger partial charge in [-0.15, -0.1) is 0 Å². The summed E-state index contributed by atoms with van der Waals surface area (Å²) in [6, 6.07) is 8.13. The van der Waals surface area contributed by atoms with Crippen LogP contribution < -0.4 is 0 Å². The van der Waals surface area contributed by atoms with Crippen LogP contribution in [0.5, 0.6) is 0 Å². The number of aryl methyl sites for hydroxylation is 1. The van der Waals surface area contributed by atoms with Crippen LogP contribution in [0.15, 0.2) is 24.4 Å². The quantitative estimate of drug-likeness (QED) is 0.726. The van der Waals surface area contributed by atoms with Crippen molar-refractivity contribution in [2.45, 2.75) is 77.1 Å². The Bertz CT molecular complexity index is 782. The van der Waals surface area contributed by atoms with Crippen LogP contribution in [-0.4, -0.2) is 46.0 Å². The number of ether oxygens (including phenoxy) is 1. The Morgan fingerprint density at radius 2 is 1.89 bits per heavy atom. The molecule has 3 fully saturated rings. The van der Waals surface area contributed by atoms with Gasteiger partial charge < -0.3 is 4.74 Å². The molecular weight excluding hydrogens is 334 g/mol. The first-order valence-corrected chi connectivity index (χ1v) is 10.9. The van der Waals surface area contributed by atoms with E-state index in [1.165, 1.54) is 61.5 Å². The van der Waals surface area contributed by atoms with Crippen LogP contribution in [0, 0.1) is 18.8 Å². The molecule has 27 heavy (non-hydrogen) atoms. The second-order valence-corrected chi connectivity index (χ2v) is 9.45. The van der Waals surface area contributed by atoms with E-state index >= 15 is 0 Å². The Hall–Kier alpha value is -1.39. The number of piperidine rings is 1. The molecule has 2 bridgehead atoms. The number of nitrogens with zero attached hydrogens (tertiary/aromatic N) is 3. The van der Waals surface area contributed by atoms with Gasteiger partial charge in [0.05, 0.1) is 17.8 Å². The van der Waals surface area contributed by atoms with Crippen LogP contribution in [0.2, 0.25) is 0 Å². The lowest BCUT2D eigenvalue weighted by molar-refractivity contribution is -0.0276. The summed E-state index contributed by atoms with van der Waals surface area (Å²) in [4.78, 5) is 2.80. The van der Waals surface area contributed by atoms with Gasteiger partial charge in [-0.3, -0.25) is 9.58 Å². The summed E-state index contributed by atoms with van der Waals surface area (Å²) in [5, 5.41) is 5.92. The van der Waals surface area contributed by atoms with Crippen molar-refractivity contribution in [1.82, 2.24) is 14.7 Å². The third kappa shape index (κ3) is 3.79. The Kier molecular flexibility index (Phi) is 4.73. The molecule has 0 N–H and O–H groups in total. The smallest absolute Gasteiger partial charge is 0.0682 e. The minimum Gasteiger partial charge on any atom is -0.378 e. The molecule has 146 valence electrons. The number of hydrogen-bond acceptors (Lipinski definition) is 3. The van der Waals surface area contributed by atoms with Gasteiger partial charge in [-0.25, -0.2) is 0 Å². The normalized spacial score (nSPS) is 29.5. The molecule has 4 heteroatoms. The van der Waals surface area contributed by atoms with Gasteiger partial charge in [-0.05, 0) is 69.4 Å². The van der Waals surface area contributed by atoms with E-state index in [1.54, 1.807) is 0 Å². The first-order chi connectivity index (χ1) is 13.2. The van der Waals surface area contributed by atoms with Gasteiger partial charge in [0, 0.05) is 37.2 Å². The largest absolute Gasteiger partial charge is 0.378 e. The monoisotopic (exact) mass is 367 g/mol. The van der Waals surface area contributed by atoms with Gasteiger partial charge in [0.2, 0.25) is 0 Å². The molecule has 0 radical (unpaired) electrons. The van der Waals surface area contributed by atoms with Crippen molar-refractivity contribution in [3.05, 3.63) is 30.0 Å². The van der Waals surface area contributed by atoms with Gasteiger partial charge in [0.15, 0.2) is 0 Å². The Morgan fingerprint density at radius 1 is 1.11 bits per heavy atom. The van der Waals surface area contributed by atoms with Gasteiger partial charge >= 0.3 is 0 Å². The predicted octanol–water partition coefficient (Wildman–Crippen LogP) is 4.40. The molecule has 3 heterocycles. The van der Waals surface area contributed by atoms with E-state index in [-0.39, 0.29) is 0 Å². The molecule has 1 aromatic carbocycles. The maximum Gasteiger partial charge on any atom is 0.0682 e. The maximum atomic E-state index is 6.24. The topological polar surface area (TPSA) is 30.3 Å². The highest BCUT2D eigenvalue weighted by Crippen LogP contribution is 2.38. The lowest BCUT2D eigenvalue weighted by Gasteiger charge is -2.40. The highest BCUT2D eigenvalue weighted by Gasteiger charge is 2.41. The third-order valence-electron chi connectivity index (χ3n) is 6.91. The van der Waals surface area contributed by atoms with Gasteiger partial charge in [-0.1, -0.05) is 18.6 Å². The predicted molar refractivity (Wildman–Crippen MR) is 109 cm³/mol. The fraction of sp³-hybridized carbons (Fsp3) is 0.696. The van der Waals surface area contributed by atoms with Crippen LogP contribution in [-0.2, 0) is 11.3 Å². The molecule has 2 aromatic rings. The standard InChI is InChI=1S/C23H33N3O/c1-16-3-8-23-19(9-16)12-24-26(23)14-17(2)13-25-20-6-7-21(25)11-22(10-20)27-15-18-4-5-18/h3,8-9,12,17-18,20-22H,4-7,10-11,13-15H2,1-2H3/t17?,20-,21?,22?/m1/s1. The summed E-state index contributed by atoms with van der Waals surface area (Å²) in [6.07, 6.45) is 10.6. The number of fused-ring (bicyclic) bond motifs is 3. The van der Waals surface area contributed by atoms with E-state index in [2.05, 4.69) is 46.7 Å². The lowest BCUT2D eigenvalue weighted by atomic mass is 9.98. The Balaban J connectivity index is 1.19. The summed E-state index contributed by atoms with van der Waals surface area (Å²) >= 11 is 0. The summed E-state index contributed by atoms with van der Waals surface area (Å²) in [5.74, 6) is 1.50. The number of hydrogen-bond donors (Lipinski definition) is 0. The minimum absolute atomic E-state index is 0.521. The Morgan fingerprint density at radius 3 is 2.63 bits per heavy atom. The van der Waals surface area contributed by atoms with Crippen LogP contribution in [0.4, 0.5) is 0 Å². The number of benzene rings is 1. The van der Waals surface area contributed by atoms with E-state index < -0.39 is 0 Å². The van der Waals surface area contributed by atoms with Crippen LogP contribution in [0.25, 0.3) is 10.9 Å². The molecule has 0 spiro atoms. The molecule has 2 saturated heterocycles. The second-order valence-electron chi connectivity index (χ2n) is 9.45. The zero-order valence-electron chi connectivity index (χ0n) is 16.8. The van der Waals surface area contributed by atoms with Crippen LogP contribution >= 0.6 is 0 Å². The van der Waals surface area contributed by atoms with Crippen molar-refractivity contribution in [2.75, 3.05) is 13.2 Å². The molecule has 1 aliphatic carbocycles. The van der Waals surface area contributed by atoms with Gasteiger partial charge in [0.1, 0.15) is 0 Å². The van der Waals surface area contributed by atoms with Crippen molar-refractivity contribution in [2.24, 2.45) is 11.8 Å². The second kappa shape index (κ2) is 7.21. The van der Waals surface area contributed by atoms with Gasteiger partial charge in [-0.2, -0.15) is 5.10 Å². The van der Waals surface area contributed by atoms with Gasteiger partial charge in [0.25, 0.3) is 0 Å². The third-order valence-corrected chi connectivity index (χ3v) is 6.91. The van der Waals surface area contributed by atoms with E-state index in [0.717, 1.165) is 31.2 Å².